The first-order valence-corrected chi connectivity index (χ1v) is 6.54. The predicted molar refractivity (Wildman–Crippen MR) is 81.5 cm³/mol. The normalized spacial score (nSPS) is 10.2. The van der Waals surface area contributed by atoms with Gasteiger partial charge in [0, 0.05) is 23.8 Å². The molecule has 1 aromatic heterocycles. The summed E-state index contributed by atoms with van der Waals surface area (Å²) in [6.07, 6.45) is 3.44. The molecule has 0 bridgehead atoms. The van der Waals surface area contributed by atoms with E-state index in [0.717, 1.165) is 22.9 Å². The van der Waals surface area contributed by atoms with E-state index in [0.29, 0.717) is 0 Å². The van der Waals surface area contributed by atoms with E-state index >= 15 is 0 Å². The van der Waals surface area contributed by atoms with Crippen molar-refractivity contribution in [1.82, 2.24) is 9.97 Å². The Hall–Kier alpha value is -2.68. The van der Waals surface area contributed by atoms with Gasteiger partial charge < -0.3 is 0 Å². The van der Waals surface area contributed by atoms with Crippen LogP contribution in [0.1, 0.15) is 5.69 Å². The van der Waals surface area contributed by atoms with Crippen LogP contribution < -0.4 is 4.90 Å². The van der Waals surface area contributed by atoms with E-state index in [-0.39, 0.29) is 0 Å². The third kappa shape index (κ3) is 2.38. The van der Waals surface area contributed by atoms with Gasteiger partial charge >= 0.3 is 0 Å². The molecule has 3 nitrogen and oxygen atoms in total. The van der Waals surface area contributed by atoms with Crippen molar-refractivity contribution in [3.05, 3.63) is 78.8 Å². The third-order valence-electron chi connectivity index (χ3n) is 3.10. The van der Waals surface area contributed by atoms with E-state index in [1.165, 1.54) is 0 Å². The van der Waals surface area contributed by atoms with Crippen LogP contribution >= 0.6 is 0 Å². The zero-order chi connectivity index (χ0) is 13.8. The fraction of sp³-hybridized carbons (Fsp3) is 0.0588. The molecule has 0 N–H and O–H groups in total. The first kappa shape index (κ1) is 12.4. The summed E-state index contributed by atoms with van der Waals surface area (Å²) >= 11 is 0. The van der Waals surface area contributed by atoms with E-state index in [9.17, 15) is 0 Å². The molecule has 2 aromatic carbocycles. The molecule has 0 aliphatic heterocycles. The average Bonchev–Trinajstić information content (AvgIpc) is 2.52. The molecular weight excluding hydrogens is 246 g/mol. The topological polar surface area (TPSA) is 29.0 Å². The molecule has 0 spiro atoms. The van der Waals surface area contributed by atoms with E-state index in [2.05, 4.69) is 39.1 Å². The van der Waals surface area contributed by atoms with Crippen LogP contribution in [0.3, 0.4) is 0 Å². The van der Waals surface area contributed by atoms with E-state index < -0.39 is 0 Å². The minimum Gasteiger partial charge on any atom is -0.294 e. The number of hydrogen-bond acceptors (Lipinski definition) is 3. The molecule has 1 heterocycles. The molecule has 3 rings (SSSR count). The van der Waals surface area contributed by atoms with Crippen molar-refractivity contribution < 1.29 is 0 Å². The van der Waals surface area contributed by atoms with E-state index in [1.807, 2.05) is 43.3 Å². The molecule has 0 saturated carbocycles. The van der Waals surface area contributed by atoms with Gasteiger partial charge in [-0.1, -0.05) is 36.4 Å². The average molecular weight is 261 g/mol. The van der Waals surface area contributed by atoms with Crippen LogP contribution in [0.15, 0.2) is 73.1 Å². The van der Waals surface area contributed by atoms with Crippen molar-refractivity contribution in [3.63, 3.8) is 0 Å². The number of nitrogens with zero attached hydrogens (tertiary/aromatic N) is 3. The number of hydrogen-bond donors (Lipinski definition) is 0. The molecule has 20 heavy (non-hydrogen) atoms. The maximum Gasteiger partial charge on any atom is 0.159 e. The molecule has 0 atom stereocenters. The van der Waals surface area contributed by atoms with Crippen LogP contribution in [0, 0.1) is 6.92 Å². The summed E-state index contributed by atoms with van der Waals surface area (Å²) < 4.78 is 0. The van der Waals surface area contributed by atoms with Gasteiger partial charge in [0.1, 0.15) is 0 Å². The second kappa shape index (κ2) is 5.53. The zero-order valence-corrected chi connectivity index (χ0v) is 11.3. The standard InChI is InChI=1S/C17H15N3/c1-14-17(19-13-12-18-14)20(15-8-4-2-5-9-15)16-10-6-3-7-11-16/h2-13H,1H3. The fourth-order valence-corrected chi connectivity index (χ4v) is 2.17. The number of anilines is 3. The van der Waals surface area contributed by atoms with Crippen LogP contribution in [0.25, 0.3) is 0 Å². The second-order valence-corrected chi connectivity index (χ2v) is 4.47. The molecule has 0 aliphatic carbocycles. The van der Waals surface area contributed by atoms with Gasteiger partial charge in [0.15, 0.2) is 5.82 Å². The summed E-state index contributed by atoms with van der Waals surface area (Å²) in [6.45, 7) is 1.97. The number of aryl methyl sites for hydroxylation is 1. The third-order valence-corrected chi connectivity index (χ3v) is 3.10. The Morgan fingerprint density at radius 1 is 0.700 bits per heavy atom. The van der Waals surface area contributed by atoms with Gasteiger partial charge in [0.25, 0.3) is 0 Å². The lowest BCUT2D eigenvalue weighted by atomic mass is 10.2. The lowest BCUT2D eigenvalue weighted by molar-refractivity contribution is 1.07. The first-order chi connectivity index (χ1) is 9.86. The molecule has 0 fully saturated rings. The van der Waals surface area contributed by atoms with E-state index in [1.54, 1.807) is 12.4 Å². The van der Waals surface area contributed by atoms with Crippen LogP contribution in [0.4, 0.5) is 17.2 Å². The summed E-state index contributed by atoms with van der Waals surface area (Å²) in [4.78, 5) is 11.0. The van der Waals surface area contributed by atoms with Crippen LogP contribution in [-0.4, -0.2) is 9.97 Å². The van der Waals surface area contributed by atoms with Crippen molar-refractivity contribution >= 4 is 17.2 Å². The molecule has 0 saturated heterocycles. The molecule has 0 aliphatic rings. The second-order valence-electron chi connectivity index (χ2n) is 4.47. The number of benzene rings is 2. The lowest BCUT2D eigenvalue weighted by Crippen LogP contribution is -2.13. The Labute approximate surface area is 118 Å². The van der Waals surface area contributed by atoms with Gasteiger partial charge in [-0.05, 0) is 31.2 Å². The summed E-state index contributed by atoms with van der Waals surface area (Å²) in [6, 6.07) is 20.4. The molecule has 0 amide bonds. The van der Waals surface area contributed by atoms with Gasteiger partial charge in [-0.15, -0.1) is 0 Å². The monoisotopic (exact) mass is 261 g/mol. The van der Waals surface area contributed by atoms with Crippen LogP contribution in [0.2, 0.25) is 0 Å². The zero-order valence-electron chi connectivity index (χ0n) is 11.3. The van der Waals surface area contributed by atoms with Crippen molar-refractivity contribution in [3.8, 4) is 0 Å². The highest BCUT2D eigenvalue weighted by molar-refractivity contribution is 5.75. The Balaban J connectivity index is 2.17. The minimum atomic E-state index is 0.852. The largest absolute Gasteiger partial charge is 0.294 e. The molecule has 0 radical (unpaired) electrons. The molecule has 3 aromatic rings. The summed E-state index contributed by atoms with van der Waals surface area (Å²) in [5.41, 5.74) is 3.05. The van der Waals surface area contributed by atoms with Crippen LogP contribution in [-0.2, 0) is 0 Å². The summed E-state index contributed by atoms with van der Waals surface area (Å²) in [5, 5.41) is 0. The van der Waals surface area contributed by atoms with Crippen molar-refractivity contribution in [2.45, 2.75) is 6.92 Å². The molecule has 0 unspecified atom stereocenters. The smallest absolute Gasteiger partial charge is 0.159 e. The van der Waals surface area contributed by atoms with Gasteiger partial charge in [-0.3, -0.25) is 9.88 Å². The highest BCUT2D eigenvalue weighted by Crippen LogP contribution is 2.33. The Kier molecular flexibility index (Phi) is 3.42. The molecular formula is C17H15N3. The number of aromatic nitrogens is 2. The quantitative estimate of drug-likeness (QED) is 0.705. The van der Waals surface area contributed by atoms with Crippen molar-refractivity contribution in [2.75, 3.05) is 4.90 Å². The van der Waals surface area contributed by atoms with Crippen LogP contribution in [0.5, 0.6) is 0 Å². The van der Waals surface area contributed by atoms with E-state index in [4.69, 9.17) is 0 Å². The van der Waals surface area contributed by atoms with Crippen molar-refractivity contribution in [2.24, 2.45) is 0 Å². The maximum atomic E-state index is 4.49. The van der Waals surface area contributed by atoms with Gasteiger partial charge in [-0.25, -0.2) is 4.98 Å². The summed E-state index contributed by atoms with van der Waals surface area (Å²) in [5.74, 6) is 0.852. The highest BCUT2D eigenvalue weighted by Gasteiger charge is 2.15. The van der Waals surface area contributed by atoms with Gasteiger partial charge in [0.2, 0.25) is 0 Å². The number of rotatable bonds is 3. The molecule has 3 heteroatoms. The first-order valence-electron chi connectivity index (χ1n) is 6.54. The maximum absolute atomic E-state index is 4.49. The summed E-state index contributed by atoms with van der Waals surface area (Å²) in [7, 11) is 0. The highest BCUT2D eigenvalue weighted by atomic mass is 15.2. The van der Waals surface area contributed by atoms with Gasteiger partial charge in [0.05, 0.1) is 5.69 Å². The van der Waals surface area contributed by atoms with Crippen molar-refractivity contribution in [1.29, 1.82) is 0 Å². The number of para-hydroxylation sites is 2. The Morgan fingerprint density at radius 2 is 1.20 bits per heavy atom. The predicted octanol–water partition coefficient (Wildman–Crippen LogP) is 4.25. The fourth-order valence-electron chi connectivity index (χ4n) is 2.17. The van der Waals surface area contributed by atoms with Gasteiger partial charge in [-0.2, -0.15) is 0 Å². The minimum absolute atomic E-state index is 0.852. The SMILES string of the molecule is Cc1nccnc1N(c1ccccc1)c1ccccc1. The Morgan fingerprint density at radius 3 is 1.70 bits per heavy atom. The Bertz CT molecular complexity index is 641. The molecule has 98 valence electrons. The lowest BCUT2D eigenvalue weighted by Gasteiger charge is -2.24.